The van der Waals surface area contributed by atoms with Crippen LogP contribution in [0.5, 0.6) is 0 Å². The van der Waals surface area contributed by atoms with Gasteiger partial charge in [-0.25, -0.2) is 0 Å². The van der Waals surface area contributed by atoms with Gasteiger partial charge < -0.3 is 10.2 Å². The quantitative estimate of drug-likeness (QED) is 0.778. The van der Waals surface area contributed by atoms with Gasteiger partial charge in [0.15, 0.2) is 0 Å². The summed E-state index contributed by atoms with van der Waals surface area (Å²) in [7, 11) is 0. The number of nitrogens with zero attached hydrogens (tertiary/aromatic N) is 1. The van der Waals surface area contributed by atoms with E-state index in [9.17, 15) is 0 Å². The predicted molar refractivity (Wildman–Crippen MR) is 70.7 cm³/mol. The highest BCUT2D eigenvalue weighted by Gasteiger charge is 2.17. The molecule has 90 valence electrons. The van der Waals surface area contributed by atoms with Crippen molar-refractivity contribution in [2.24, 2.45) is 5.92 Å². The van der Waals surface area contributed by atoms with E-state index in [2.05, 4.69) is 30.3 Å². The number of hydrogen-bond acceptors (Lipinski definition) is 3. The Morgan fingerprint density at radius 3 is 3.00 bits per heavy atom. The second-order valence-electron chi connectivity index (χ2n) is 4.73. The van der Waals surface area contributed by atoms with Gasteiger partial charge in [-0.05, 0) is 43.9 Å². The van der Waals surface area contributed by atoms with Crippen LogP contribution in [0.25, 0.3) is 0 Å². The highest BCUT2D eigenvalue weighted by atomic mass is 32.2. The van der Waals surface area contributed by atoms with Crippen molar-refractivity contribution < 1.29 is 0 Å². The van der Waals surface area contributed by atoms with E-state index >= 15 is 0 Å². The van der Waals surface area contributed by atoms with Gasteiger partial charge in [0.1, 0.15) is 0 Å². The Hall–Kier alpha value is 0.270. The highest BCUT2D eigenvalue weighted by molar-refractivity contribution is 7.98. The molecule has 1 saturated heterocycles. The molecule has 0 spiro atoms. The second-order valence-corrected chi connectivity index (χ2v) is 5.64. The van der Waals surface area contributed by atoms with E-state index in [1.807, 2.05) is 11.8 Å². The van der Waals surface area contributed by atoms with Crippen molar-refractivity contribution in [2.45, 2.75) is 32.7 Å². The first-order valence-corrected chi connectivity index (χ1v) is 7.60. The van der Waals surface area contributed by atoms with Crippen molar-refractivity contribution in [3.8, 4) is 0 Å². The van der Waals surface area contributed by atoms with Gasteiger partial charge in [0.05, 0.1) is 0 Å². The average molecular weight is 230 g/mol. The summed E-state index contributed by atoms with van der Waals surface area (Å²) in [4.78, 5) is 2.65. The molecule has 1 aliphatic heterocycles. The van der Waals surface area contributed by atoms with Gasteiger partial charge in [-0.2, -0.15) is 11.8 Å². The maximum absolute atomic E-state index is 3.62. The summed E-state index contributed by atoms with van der Waals surface area (Å²) in [5.74, 6) is 2.12. The Morgan fingerprint density at radius 2 is 2.33 bits per heavy atom. The van der Waals surface area contributed by atoms with Crippen LogP contribution in [0.1, 0.15) is 26.7 Å². The third-order valence-corrected chi connectivity index (χ3v) is 3.98. The lowest BCUT2D eigenvalue weighted by molar-refractivity contribution is 0.239. The van der Waals surface area contributed by atoms with E-state index in [0.717, 1.165) is 5.92 Å². The Labute approximate surface area is 99.2 Å². The largest absolute Gasteiger partial charge is 0.313 e. The number of nitrogens with one attached hydrogen (secondary N) is 1. The molecule has 1 rings (SSSR count). The standard InChI is InChI=1S/C12H26N2S/c1-4-12-9-14(7-5-6-13-12)8-11(2)10-15-3/h11-13H,4-10H2,1-3H3. The molecule has 0 aliphatic carbocycles. The van der Waals surface area contributed by atoms with Gasteiger partial charge in [0.2, 0.25) is 0 Å². The van der Waals surface area contributed by atoms with Crippen LogP contribution in [0.15, 0.2) is 0 Å². The molecule has 0 amide bonds. The molecule has 1 aliphatic rings. The first-order chi connectivity index (χ1) is 7.26. The SMILES string of the molecule is CCC1CN(CC(C)CSC)CCCN1. The summed E-state index contributed by atoms with van der Waals surface area (Å²) in [5.41, 5.74) is 0. The molecule has 1 N–H and O–H groups in total. The van der Waals surface area contributed by atoms with Gasteiger partial charge in [-0.15, -0.1) is 0 Å². The van der Waals surface area contributed by atoms with Crippen LogP contribution in [0, 0.1) is 5.92 Å². The first-order valence-electron chi connectivity index (χ1n) is 6.21. The summed E-state index contributed by atoms with van der Waals surface area (Å²) >= 11 is 1.97. The lowest BCUT2D eigenvalue weighted by Gasteiger charge is -2.26. The minimum Gasteiger partial charge on any atom is -0.313 e. The normalized spacial score (nSPS) is 26.2. The molecule has 2 atom stereocenters. The van der Waals surface area contributed by atoms with Gasteiger partial charge in [-0.3, -0.25) is 0 Å². The van der Waals surface area contributed by atoms with Gasteiger partial charge in [0, 0.05) is 19.1 Å². The van der Waals surface area contributed by atoms with E-state index in [0.29, 0.717) is 6.04 Å². The number of thioether (sulfide) groups is 1. The number of rotatable bonds is 5. The molecular weight excluding hydrogens is 204 g/mol. The minimum atomic E-state index is 0.717. The molecule has 0 bridgehead atoms. The Balaban J connectivity index is 2.31. The first kappa shape index (κ1) is 13.3. The van der Waals surface area contributed by atoms with Gasteiger partial charge in [0.25, 0.3) is 0 Å². The molecule has 0 aromatic rings. The predicted octanol–water partition coefficient (Wildman–Crippen LogP) is 2.06. The molecule has 2 nitrogen and oxygen atoms in total. The van der Waals surface area contributed by atoms with Crippen LogP contribution in [-0.2, 0) is 0 Å². The summed E-state index contributed by atoms with van der Waals surface area (Å²) in [6.07, 6.45) is 4.77. The molecule has 3 heteroatoms. The van der Waals surface area contributed by atoms with Gasteiger partial charge >= 0.3 is 0 Å². The summed E-state index contributed by atoms with van der Waals surface area (Å²) in [6, 6.07) is 0.717. The van der Waals surface area contributed by atoms with E-state index in [1.165, 1.54) is 44.8 Å². The van der Waals surface area contributed by atoms with E-state index in [-0.39, 0.29) is 0 Å². The lowest BCUT2D eigenvalue weighted by atomic mass is 10.1. The van der Waals surface area contributed by atoms with Crippen LogP contribution >= 0.6 is 11.8 Å². The molecule has 1 fully saturated rings. The Morgan fingerprint density at radius 1 is 1.53 bits per heavy atom. The number of hydrogen-bond donors (Lipinski definition) is 1. The zero-order chi connectivity index (χ0) is 11.1. The average Bonchev–Trinajstić information content (AvgIpc) is 2.43. The van der Waals surface area contributed by atoms with Crippen LogP contribution < -0.4 is 5.32 Å². The summed E-state index contributed by atoms with van der Waals surface area (Å²) in [6.45, 7) is 9.66. The van der Waals surface area contributed by atoms with Gasteiger partial charge in [-0.1, -0.05) is 13.8 Å². The van der Waals surface area contributed by atoms with Crippen molar-refractivity contribution in [1.82, 2.24) is 10.2 Å². The maximum atomic E-state index is 3.62. The summed E-state index contributed by atoms with van der Waals surface area (Å²) < 4.78 is 0. The minimum absolute atomic E-state index is 0.717. The molecular formula is C12H26N2S. The molecule has 0 saturated carbocycles. The van der Waals surface area contributed by atoms with E-state index in [1.54, 1.807) is 0 Å². The van der Waals surface area contributed by atoms with Crippen molar-refractivity contribution in [3.05, 3.63) is 0 Å². The second kappa shape index (κ2) is 7.53. The Kier molecular flexibility index (Phi) is 6.69. The highest BCUT2D eigenvalue weighted by Crippen LogP contribution is 2.10. The van der Waals surface area contributed by atoms with Crippen molar-refractivity contribution in [2.75, 3.05) is 38.2 Å². The molecule has 0 aromatic heterocycles. The van der Waals surface area contributed by atoms with Crippen LogP contribution in [-0.4, -0.2) is 49.1 Å². The van der Waals surface area contributed by atoms with Crippen LogP contribution in [0.4, 0.5) is 0 Å². The van der Waals surface area contributed by atoms with Crippen molar-refractivity contribution in [3.63, 3.8) is 0 Å². The summed E-state index contributed by atoms with van der Waals surface area (Å²) in [5, 5.41) is 3.62. The molecule has 1 heterocycles. The van der Waals surface area contributed by atoms with Crippen LogP contribution in [0.2, 0.25) is 0 Å². The third-order valence-electron chi connectivity index (χ3n) is 3.08. The fourth-order valence-corrected chi connectivity index (χ4v) is 2.97. The van der Waals surface area contributed by atoms with E-state index < -0.39 is 0 Å². The monoisotopic (exact) mass is 230 g/mol. The fourth-order valence-electron chi connectivity index (χ4n) is 2.29. The topological polar surface area (TPSA) is 15.3 Å². The molecule has 0 radical (unpaired) electrons. The third kappa shape index (κ3) is 5.23. The zero-order valence-electron chi connectivity index (χ0n) is 10.5. The Bertz CT molecular complexity index is 164. The smallest absolute Gasteiger partial charge is 0.0192 e. The molecule has 0 aromatic carbocycles. The maximum Gasteiger partial charge on any atom is 0.0192 e. The molecule has 15 heavy (non-hydrogen) atoms. The fraction of sp³-hybridized carbons (Fsp3) is 1.00. The van der Waals surface area contributed by atoms with Crippen LogP contribution in [0.3, 0.4) is 0 Å². The lowest BCUT2D eigenvalue weighted by Crippen LogP contribution is -2.39. The van der Waals surface area contributed by atoms with Crippen molar-refractivity contribution >= 4 is 11.8 Å². The van der Waals surface area contributed by atoms with Crippen molar-refractivity contribution in [1.29, 1.82) is 0 Å². The zero-order valence-corrected chi connectivity index (χ0v) is 11.3. The molecule has 2 unspecified atom stereocenters. The van der Waals surface area contributed by atoms with E-state index in [4.69, 9.17) is 0 Å².